The first-order chi connectivity index (χ1) is 28.4. The van der Waals surface area contributed by atoms with Crippen molar-refractivity contribution in [3.05, 3.63) is 38.2 Å². The minimum absolute atomic E-state index is 0.369. The number of hydrogen-bond donors (Lipinski definition) is 14. The molecule has 2 aliphatic heterocycles. The second kappa shape index (κ2) is 19.4. The third-order valence-electron chi connectivity index (χ3n) is 7.58. The van der Waals surface area contributed by atoms with Crippen molar-refractivity contribution in [2.45, 2.75) is 61.4 Å². The molecule has 0 amide bonds. The number of phosphoric acid groups is 6. The molecule has 0 radical (unpaired) electrons. The van der Waals surface area contributed by atoms with Crippen LogP contribution in [0.15, 0.2) is 12.4 Å². The molecule has 0 aromatic carbocycles. The molecule has 64 heavy (non-hydrogen) atoms. The van der Waals surface area contributed by atoms with Crippen molar-refractivity contribution >= 4 is 89.4 Å². The zero-order valence-electron chi connectivity index (χ0n) is 30.8. The SMILES string of the molecule is CC1(O)[C@@H](O)[C@@](F)(COP(=O)(O)OP(=O)(O)OP(=O)(O)O)O[C@H]1n1cc(F)c(=S)[nH]c1=S.CC1(O)[C@@H](O)[C@@](F)(COP(=O)(O)OP(=O)(O)OP(=O)(O)O)O[C@H]1n1cc(F)c(N)nc1=S. The Labute approximate surface area is 366 Å². The lowest BCUT2D eigenvalue weighted by Gasteiger charge is -2.28. The van der Waals surface area contributed by atoms with Gasteiger partial charge in [-0.3, -0.25) is 18.2 Å². The lowest BCUT2D eigenvalue weighted by atomic mass is 9.95. The van der Waals surface area contributed by atoms with Crippen LogP contribution in [0.25, 0.3) is 0 Å². The third-order valence-corrected chi connectivity index (χ3v) is 16.1. The van der Waals surface area contributed by atoms with Crippen LogP contribution in [0.3, 0.4) is 0 Å². The van der Waals surface area contributed by atoms with Gasteiger partial charge in [0.15, 0.2) is 34.7 Å². The summed E-state index contributed by atoms with van der Waals surface area (Å²) in [5, 5.41) is 41.3. The predicted molar refractivity (Wildman–Crippen MR) is 199 cm³/mol. The van der Waals surface area contributed by atoms with Crippen LogP contribution < -0.4 is 5.73 Å². The minimum Gasteiger partial charge on any atom is -0.384 e. The smallest absolute Gasteiger partial charge is 0.384 e. The number of aromatic nitrogens is 4. The third kappa shape index (κ3) is 14.5. The van der Waals surface area contributed by atoms with E-state index in [0.717, 1.165) is 13.8 Å². The van der Waals surface area contributed by atoms with Gasteiger partial charge in [-0.25, -0.2) is 45.0 Å². The Hall–Kier alpha value is -1.08. The van der Waals surface area contributed by atoms with Crippen molar-refractivity contribution in [3.63, 3.8) is 0 Å². The van der Waals surface area contributed by atoms with Crippen LogP contribution in [0, 0.1) is 25.8 Å². The van der Waals surface area contributed by atoms with E-state index in [1.807, 2.05) is 0 Å². The first-order valence-electron chi connectivity index (χ1n) is 15.5. The average Bonchev–Trinajstić information content (AvgIpc) is 3.37. The van der Waals surface area contributed by atoms with Gasteiger partial charge in [-0.05, 0) is 38.3 Å². The summed E-state index contributed by atoms with van der Waals surface area (Å²) >= 11 is 14.3. The molecule has 44 heteroatoms. The Morgan fingerprint density at radius 3 is 1.44 bits per heavy atom. The molecule has 0 spiro atoms. The highest BCUT2D eigenvalue weighted by atomic mass is 32.1. The predicted octanol–water partition coefficient (Wildman–Crippen LogP) is 1.05. The Bertz CT molecular complexity index is 2600. The van der Waals surface area contributed by atoms with E-state index >= 15 is 8.78 Å². The number of anilines is 1. The Balaban J connectivity index is 0.000000340. The molecule has 0 bridgehead atoms. The van der Waals surface area contributed by atoms with E-state index in [2.05, 4.69) is 48.5 Å². The first kappa shape index (κ1) is 57.2. The molecule has 12 atom stereocenters. The van der Waals surface area contributed by atoms with Gasteiger partial charge in [-0.2, -0.15) is 22.2 Å². The van der Waals surface area contributed by atoms with Crippen LogP contribution >= 0.6 is 83.6 Å². The van der Waals surface area contributed by atoms with Crippen LogP contribution in [0.4, 0.5) is 23.4 Å². The highest BCUT2D eigenvalue weighted by Gasteiger charge is 2.65. The maximum Gasteiger partial charge on any atom is 0.490 e. The van der Waals surface area contributed by atoms with Gasteiger partial charge in [0.05, 0.1) is 0 Å². The summed E-state index contributed by atoms with van der Waals surface area (Å²) in [5.41, 5.74) is 0.0862. The number of aliphatic hydroxyl groups is 4. The van der Waals surface area contributed by atoms with Crippen LogP contribution in [0.1, 0.15) is 26.3 Å². The highest BCUT2D eigenvalue weighted by Crippen LogP contribution is 2.68. The Morgan fingerprint density at radius 2 is 1.06 bits per heavy atom. The van der Waals surface area contributed by atoms with Gasteiger partial charge >= 0.3 is 46.9 Å². The number of H-pyrrole nitrogens is 1. The maximum absolute atomic E-state index is 15.2. The van der Waals surface area contributed by atoms with Crippen molar-refractivity contribution in [1.29, 1.82) is 0 Å². The number of nitrogens with two attached hydrogens (primary N) is 1. The monoisotopic (exact) mass is 1110 g/mol. The summed E-state index contributed by atoms with van der Waals surface area (Å²) in [7, 11) is -34.7. The summed E-state index contributed by atoms with van der Waals surface area (Å²) in [6.07, 6.45) is -7.83. The van der Waals surface area contributed by atoms with Gasteiger partial charge in [-0.15, -0.1) is 0 Å². The van der Waals surface area contributed by atoms with Crippen molar-refractivity contribution in [3.8, 4) is 0 Å². The standard InChI is InChI=1S/C10H16F2N3O13P3S.C10H15F2N2O13P3S2/c1-9(17)6(16)10(12,26-7(9)15-2-4(11)5(13)14-8(15)32)3-25-30(21,22)28-31(23,24)27-29(18,19)20;1-9(16)6(15)10(12,25-7(9)14-2-4(11)5(31)13-8(14)32)3-24-29(20,21)27-30(22,23)26-28(17,18)19/h2,6-7,16-17H,3H2,1H3,(H,21,22)(H,23,24)(H2,13,14,32)(H2,18,19,20);2,6-7,15-16H,3H2,1H3,(H,20,21)(H,22,23)(H,13,31,32)(H2,17,18,19)/t2*6-,7-,9?,10-/m11/s1. The van der Waals surface area contributed by atoms with Gasteiger partial charge in [0.1, 0.15) is 41.3 Å². The van der Waals surface area contributed by atoms with E-state index in [-0.39, 0.29) is 4.77 Å². The van der Waals surface area contributed by atoms with E-state index in [1.54, 1.807) is 0 Å². The highest BCUT2D eigenvalue weighted by molar-refractivity contribution is 7.72. The Morgan fingerprint density at radius 1 is 0.703 bits per heavy atom. The molecular weight excluding hydrogens is 1080 g/mol. The van der Waals surface area contributed by atoms with E-state index in [4.69, 9.17) is 69.0 Å². The van der Waals surface area contributed by atoms with Crippen molar-refractivity contribution < 1.29 is 140 Å². The number of aliphatic hydroxyl groups excluding tert-OH is 2. The molecule has 2 aliphatic rings. The topological polar surface area (TPSA) is 484 Å². The average molecular weight is 1120 g/mol. The number of alkyl halides is 2. The molecule has 2 fully saturated rings. The number of hydrogen-bond acceptors (Lipinski definition) is 23. The number of nitrogen functional groups attached to an aromatic ring is 1. The van der Waals surface area contributed by atoms with Gasteiger partial charge in [0, 0.05) is 12.4 Å². The number of phosphoric ester groups is 2. The zero-order valence-corrected chi connectivity index (χ0v) is 38.6. The molecule has 0 saturated carbocycles. The van der Waals surface area contributed by atoms with Gasteiger partial charge < -0.3 is 79.8 Å². The molecule has 2 saturated heterocycles. The van der Waals surface area contributed by atoms with Crippen LogP contribution in [0.5, 0.6) is 0 Å². The molecule has 6 unspecified atom stereocenters. The second-order valence-electron chi connectivity index (χ2n) is 12.8. The Kier molecular flexibility index (Phi) is 17.3. The van der Waals surface area contributed by atoms with Crippen molar-refractivity contribution in [1.82, 2.24) is 19.1 Å². The summed E-state index contributed by atoms with van der Waals surface area (Å²) in [6, 6.07) is 0. The van der Waals surface area contributed by atoms with E-state index in [1.165, 1.54) is 0 Å². The van der Waals surface area contributed by atoms with Crippen molar-refractivity contribution in [2.24, 2.45) is 0 Å². The number of nitrogens with zero attached hydrogens (tertiary/aromatic N) is 3. The van der Waals surface area contributed by atoms with Crippen LogP contribution in [-0.2, 0) is 63.2 Å². The number of rotatable bonds is 16. The molecule has 15 N–H and O–H groups in total. The fourth-order valence-corrected chi connectivity index (χ4v) is 11.8. The quantitative estimate of drug-likeness (QED) is 0.0634. The maximum atomic E-state index is 15.2. The second-order valence-corrected chi connectivity index (χ2v) is 22.8. The molecule has 4 rings (SSSR count). The number of aromatic amines is 1. The lowest BCUT2D eigenvalue weighted by Crippen LogP contribution is -2.49. The minimum atomic E-state index is -5.89. The number of ether oxygens (including phenoxy) is 2. The fraction of sp³-hybridized carbons (Fsp3) is 0.600. The van der Waals surface area contributed by atoms with Crippen LogP contribution in [-0.4, -0.2) is 127 Å². The lowest BCUT2D eigenvalue weighted by molar-refractivity contribution is -0.204. The summed E-state index contributed by atoms with van der Waals surface area (Å²) in [6.45, 7) is -1.84. The summed E-state index contributed by atoms with van der Waals surface area (Å²) in [4.78, 5) is 76.5. The van der Waals surface area contributed by atoms with Crippen molar-refractivity contribution in [2.75, 3.05) is 18.9 Å². The van der Waals surface area contributed by atoms with E-state index in [9.17, 15) is 66.4 Å². The van der Waals surface area contributed by atoms with E-state index < -0.39 is 135 Å². The molecule has 4 heterocycles. The normalized spacial score (nSPS) is 32.4. The zero-order chi connectivity index (χ0) is 49.8. The molecule has 2 aromatic heterocycles. The molecule has 2 aromatic rings. The molecule has 31 nitrogen and oxygen atoms in total. The first-order valence-corrected chi connectivity index (χ1v) is 25.8. The summed E-state index contributed by atoms with van der Waals surface area (Å²) < 4.78 is 157. The number of nitrogens with one attached hydrogen (secondary N) is 1. The number of halogens is 4. The summed E-state index contributed by atoms with van der Waals surface area (Å²) in [5.74, 6) is -9.91. The van der Waals surface area contributed by atoms with Gasteiger partial charge in [0.2, 0.25) is 4.77 Å². The van der Waals surface area contributed by atoms with E-state index in [0.29, 0.717) is 21.5 Å². The largest absolute Gasteiger partial charge is 0.490 e. The van der Waals surface area contributed by atoms with Gasteiger partial charge in [0.25, 0.3) is 11.7 Å². The van der Waals surface area contributed by atoms with Gasteiger partial charge in [-0.1, -0.05) is 12.2 Å². The molecular formula is C20H31F4N5O26P6S3. The molecule has 0 aliphatic carbocycles. The molecule has 368 valence electrons. The fourth-order valence-electron chi connectivity index (χ4n) is 4.99. The van der Waals surface area contributed by atoms with Crippen LogP contribution in [0.2, 0.25) is 0 Å².